The highest BCUT2D eigenvalue weighted by molar-refractivity contribution is 14.0. The molecule has 0 aliphatic carbocycles. The maximum atomic E-state index is 5.35. The largest absolute Gasteiger partial charge is 0.359 e. The predicted molar refractivity (Wildman–Crippen MR) is 87.0 cm³/mol. The molecule has 0 bridgehead atoms. The third-order valence-corrected chi connectivity index (χ3v) is 3.31. The fourth-order valence-corrected chi connectivity index (χ4v) is 2.13. The lowest BCUT2D eigenvalue weighted by Crippen LogP contribution is -2.40. The highest BCUT2D eigenvalue weighted by Crippen LogP contribution is 2.22. The molecule has 0 fully saturated rings. The van der Waals surface area contributed by atoms with Gasteiger partial charge in [0.15, 0.2) is 11.7 Å². The summed E-state index contributed by atoms with van der Waals surface area (Å²) in [6, 6.07) is 2.05. The SMILES string of the molecule is CCC(CC)c1cc(CNC2=NCCCN2)on1.I. The second kappa shape index (κ2) is 8.39. The van der Waals surface area contributed by atoms with Crippen molar-refractivity contribution in [2.45, 2.75) is 45.6 Å². The van der Waals surface area contributed by atoms with E-state index in [0.717, 1.165) is 49.8 Å². The number of nitrogens with zero attached hydrogens (tertiary/aromatic N) is 2. The molecule has 1 aliphatic heterocycles. The minimum absolute atomic E-state index is 0. The van der Waals surface area contributed by atoms with Gasteiger partial charge in [0, 0.05) is 25.1 Å². The molecule has 19 heavy (non-hydrogen) atoms. The van der Waals surface area contributed by atoms with Gasteiger partial charge >= 0.3 is 0 Å². The fraction of sp³-hybridized carbons (Fsp3) is 0.692. The lowest BCUT2D eigenvalue weighted by Gasteiger charge is -2.14. The van der Waals surface area contributed by atoms with Crippen LogP contribution in [0.25, 0.3) is 0 Å². The summed E-state index contributed by atoms with van der Waals surface area (Å²) >= 11 is 0. The van der Waals surface area contributed by atoms with E-state index >= 15 is 0 Å². The number of guanidine groups is 1. The van der Waals surface area contributed by atoms with Gasteiger partial charge in [0.1, 0.15) is 0 Å². The highest BCUT2D eigenvalue weighted by atomic mass is 127. The molecular weight excluding hydrogens is 355 g/mol. The second-order valence-corrected chi connectivity index (χ2v) is 4.60. The van der Waals surface area contributed by atoms with Crippen LogP contribution in [0.4, 0.5) is 0 Å². The summed E-state index contributed by atoms with van der Waals surface area (Å²) in [6.07, 6.45) is 3.31. The molecule has 0 spiro atoms. The van der Waals surface area contributed by atoms with E-state index in [2.05, 4.69) is 34.6 Å². The van der Waals surface area contributed by atoms with Crippen LogP contribution >= 0.6 is 24.0 Å². The van der Waals surface area contributed by atoms with Gasteiger partial charge in [-0.25, -0.2) is 0 Å². The van der Waals surface area contributed by atoms with E-state index in [1.54, 1.807) is 0 Å². The van der Waals surface area contributed by atoms with E-state index in [9.17, 15) is 0 Å². The van der Waals surface area contributed by atoms with Crippen LogP contribution in [0, 0.1) is 0 Å². The minimum Gasteiger partial charge on any atom is -0.359 e. The molecule has 0 amide bonds. The van der Waals surface area contributed by atoms with E-state index in [0.29, 0.717) is 12.5 Å². The summed E-state index contributed by atoms with van der Waals surface area (Å²) in [4.78, 5) is 4.35. The standard InChI is InChI=1S/C13H22N4O.HI/c1-3-10(4-2)12-8-11(18-17-12)9-16-13-14-6-5-7-15-13;/h8,10H,3-7,9H2,1-2H3,(H2,14,15,16);1H. The van der Waals surface area contributed by atoms with Gasteiger partial charge in [-0.05, 0) is 19.3 Å². The fourth-order valence-electron chi connectivity index (χ4n) is 2.13. The molecule has 0 unspecified atom stereocenters. The number of aliphatic imine (C=N–C) groups is 1. The monoisotopic (exact) mass is 378 g/mol. The van der Waals surface area contributed by atoms with E-state index in [-0.39, 0.29) is 24.0 Å². The molecule has 2 N–H and O–H groups in total. The van der Waals surface area contributed by atoms with Crippen LogP contribution in [-0.2, 0) is 6.54 Å². The summed E-state index contributed by atoms with van der Waals surface area (Å²) < 4.78 is 5.35. The molecule has 1 aliphatic rings. The van der Waals surface area contributed by atoms with Crippen LogP contribution < -0.4 is 10.6 Å². The third kappa shape index (κ3) is 4.67. The number of hydrogen-bond acceptors (Lipinski definition) is 5. The third-order valence-electron chi connectivity index (χ3n) is 3.31. The molecule has 1 aromatic rings. The Balaban J connectivity index is 0.00000180. The second-order valence-electron chi connectivity index (χ2n) is 4.60. The van der Waals surface area contributed by atoms with Crippen LogP contribution in [0.2, 0.25) is 0 Å². The Kier molecular flexibility index (Phi) is 7.19. The first-order chi connectivity index (χ1) is 8.83. The average Bonchev–Trinajstić information content (AvgIpc) is 2.88. The zero-order valence-electron chi connectivity index (χ0n) is 11.6. The molecule has 0 aromatic carbocycles. The zero-order valence-corrected chi connectivity index (χ0v) is 13.9. The van der Waals surface area contributed by atoms with Crippen molar-refractivity contribution < 1.29 is 4.52 Å². The maximum absolute atomic E-state index is 5.35. The van der Waals surface area contributed by atoms with Crippen LogP contribution in [-0.4, -0.2) is 24.2 Å². The van der Waals surface area contributed by atoms with Gasteiger partial charge in [-0.2, -0.15) is 0 Å². The summed E-state index contributed by atoms with van der Waals surface area (Å²) in [7, 11) is 0. The summed E-state index contributed by atoms with van der Waals surface area (Å²) in [5, 5.41) is 10.6. The Labute approximate surface area is 131 Å². The van der Waals surface area contributed by atoms with Gasteiger partial charge in [-0.1, -0.05) is 19.0 Å². The van der Waals surface area contributed by atoms with Crippen molar-refractivity contribution in [2.24, 2.45) is 4.99 Å². The normalized spacial score (nSPS) is 14.6. The number of halogens is 1. The predicted octanol–water partition coefficient (Wildman–Crippen LogP) is 2.64. The van der Waals surface area contributed by atoms with E-state index in [4.69, 9.17) is 4.52 Å². The number of rotatable bonds is 5. The summed E-state index contributed by atoms with van der Waals surface area (Å²) in [6.45, 7) is 6.88. The van der Waals surface area contributed by atoms with Crippen LogP contribution in [0.15, 0.2) is 15.6 Å². The van der Waals surface area contributed by atoms with Crippen LogP contribution in [0.1, 0.15) is 50.5 Å². The molecule has 2 rings (SSSR count). The molecule has 1 aromatic heterocycles. The van der Waals surface area contributed by atoms with E-state index < -0.39 is 0 Å². The minimum atomic E-state index is 0. The van der Waals surface area contributed by atoms with Gasteiger partial charge < -0.3 is 15.2 Å². The number of aromatic nitrogens is 1. The highest BCUT2D eigenvalue weighted by Gasteiger charge is 2.13. The van der Waals surface area contributed by atoms with Crippen molar-refractivity contribution in [3.63, 3.8) is 0 Å². The van der Waals surface area contributed by atoms with E-state index in [1.165, 1.54) is 0 Å². The molecule has 0 atom stereocenters. The van der Waals surface area contributed by atoms with Gasteiger partial charge in [0.05, 0.1) is 12.2 Å². The van der Waals surface area contributed by atoms with Crippen molar-refractivity contribution in [2.75, 3.05) is 13.1 Å². The van der Waals surface area contributed by atoms with Crippen molar-refractivity contribution >= 4 is 29.9 Å². The van der Waals surface area contributed by atoms with Gasteiger partial charge in [0.2, 0.25) is 0 Å². The molecule has 0 radical (unpaired) electrons. The first-order valence-electron chi connectivity index (χ1n) is 6.81. The molecule has 0 saturated heterocycles. The first kappa shape index (κ1) is 16.3. The zero-order chi connectivity index (χ0) is 12.8. The Bertz CT molecular complexity index is 401. The quantitative estimate of drug-likeness (QED) is 0.774. The van der Waals surface area contributed by atoms with Gasteiger partial charge in [-0.3, -0.25) is 4.99 Å². The Hall–Kier alpha value is -0.790. The maximum Gasteiger partial charge on any atom is 0.191 e. The molecule has 0 saturated carbocycles. The lowest BCUT2D eigenvalue weighted by molar-refractivity contribution is 0.368. The van der Waals surface area contributed by atoms with Crippen LogP contribution in [0.3, 0.4) is 0 Å². The molecule has 5 nitrogen and oxygen atoms in total. The van der Waals surface area contributed by atoms with E-state index in [1.807, 2.05) is 6.07 Å². The first-order valence-corrected chi connectivity index (χ1v) is 6.81. The van der Waals surface area contributed by atoms with Crippen molar-refractivity contribution in [1.29, 1.82) is 0 Å². The number of hydrogen-bond donors (Lipinski definition) is 2. The van der Waals surface area contributed by atoms with Gasteiger partial charge in [0.25, 0.3) is 0 Å². The molecule has 108 valence electrons. The smallest absolute Gasteiger partial charge is 0.191 e. The van der Waals surface area contributed by atoms with Crippen molar-refractivity contribution in [3.05, 3.63) is 17.5 Å². The van der Waals surface area contributed by atoms with Gasteiger partial charge in [-0.15, -0.1) is 24.0 Å². The molecule has 2 heterocycles. The Morgan fingerprint density at radius 3 is 2.84 bits per heavy atom. The average molecular weight is 378 g/mol. The van der Waals surface area contributed by atoms with Crippen molar-refractivity contribution in [3.8, 4) is 0 Å². The lowest BCUT2D eigenvalue weighted by atomic mass is 9.99. The van der Waals surface area contributed by atoms with Crippen molar-refractivity contribution in [1.82, 2.24) is 15.8 Å². The Morgan fingerprint density at radius 2 is 2.21 bits per heavy atom. The topological polar surface area (TPSA) is 62.5 Å². The summed E-state index contributed by atoms with van der Waals surface area (Å²) in [5.74, 6) is 2.24. The molecular formula is C13H23IN4O. The Morgan fingerprint density at radius 1 is 1.42 bits per heavy atom. The number of nitrogens with one attached hydrogen (secondary N) is 2. The van der Waals surface area contributed by atoms with Crippen LogP contribution in [0.5, 0.6) is 0 Å². The summed E-state index contributed by atoms with van der Waals surface area (Å²) in [5.41, 5.74) is 1.07. The molecule has 6 heteroatoms.